The van der Waals surface area contributed by atoms with Crippen molar-refractivity contribution < 1.29 is 31.5 Å². The number of hydrogen-bond acceptors (Lipinski definition) is 3. The summed E-state index contributed by atoms with van der Waals surface area (Å²) in [5.74, 6) is -1.44. The molecular weight excluding hydrogens is 285 g/mol. The van der Waals surface area contributed by atoms with E-state index in [2.05, 4.69) is 9.72 Å². The molecule has 1 aromatic heterocycles. The fraction of sp³-hybridized carbons (Fsp3) is 0.333. The summed E-state index contributed by atoms with van der Waals surface area (Å²) in [6.45, 7) is 0. The molecule has 1 heterocycles. The van der Waals surface area contributed by atoms with Crippen LogP contribution in [0.4, 0.5) is 22.0 Å². The molecule has 0 saturated carbocycles. The Morgan fingerprint density at radius 2 is 2.06 bits per heavy atom. The Balaban J connectivity index is 3.37. The molecule has 0 N–H and O–H groups in total. The molecule has 0 saturated heterocycles. The van der Waals surface area contributed by atoms with Crippen molar-refractivity contribution >= 4 is 17.9 Å². The summed E-state index contributed by atoms with van der Waals surface area (Å²) in [5.41, 5.74) is -2.30. The zero-order valence-corrected chi connectivity index (χ0v) is 9.23. The number of pyridine rings is 1. The van der Waals surface area contributed by atoms with E-state index < -0.39 is 35.7 Å². The Labute approximate surface area is 103 Å². The van der Waals surface area contributed by atoms with E-state index in [0.29, 0.717) is 6.07 Å². The summed E-state index contributed by atoms with van der Waals surface area (Å²) >= 11 is 5.31. The van der Waals surface area contributed by atoms with E-state index >= 15 is 0 Å². The quantitative estimate of drug-likeness (QED) is 0.484. The van der Waals surface area contributed by atoms with Crippen molar-refractivity contribution in [3.8, 4) is 5.75 Å². The van der Waals surface area contributed by atoms with Crippen LogP contribution in [-0.2, 0) is 5.88 Å². The Morgan fingerprint density at radius 3 is 2.44 bits per heavy atom. The van der Waals surface area contributed by atoms with Crippen LogP contribution >= 0.6 is 11.6 Å². The van der Waals surface area contributed by atoms with Gasteiger partial charge in [0, 0.05) is 6.07 Å². The lowest BCUT2D eigenvalue weighted by Crippen LogP contribution is -2.19. The maximum absolute atomic E-state index is 12.5. The third-order valence-electron chi connectivity index (χ3n) is 1.79. The van der Waals surface area contributed by atoms with Crippen LogP contribution in [0.25, 0.3) is 0 Å². The summed E-state index contributed by atoms with van der Waals surface area (Å²) in [6.07, 6.45) is -8.50. The first-order valence-corrected chi connectivity index (χ1v) is 4.90. The van der Waals surface area contributed by atoms with Gasteiger partial charge in [-0.25, -0.2) is 13.8 Å². The van der Waals surface area contributed by atoms with Crippen molar-refractivity contribution in [2.24, 2.45) is 0 Å². The minimum Gasteiger partial charge on any atom is -0.405 e. The van der Waals surface area contributed by atoms with Crippen LogP contribution in [0.2, 0.25) is 0 Å². The smallest absolute Gasteiger partial charge is 0.405 e. The van der Waals surface area contributed by atoms with Crippen LogP contribution < -0.4 is 4.74 Å². The number of ether oxygens (including phenoxy) is 1. The molecule has 0 spiro atoms. The predicted octanol–water partition coefficient (Wildman–Crippen LogP) is 3.47. The number of aldehydes is 1. The Morgan fingerprint density at radius 1 is 1.44 bits per heavy atom. The van der Waals surface area contributed by atoms with Gasteiger partial charge in [-0.15, -0.1) is 24.8 Å². The molecule has 9 heteroatoms. The van der Waals surface area contributed by atoms with E-state index in [1.807, 2.05) is 0 Å². The lowest BCUT2D eigenvalue weighted by molar-refractivity contribution is -0.274. The average molecular weight is 290 g/mol. The highest BCUT2D eigenvalue weighted by molar-refractivity contribution is 6.16. The molecule has 0 aliphatic carbocycles. The molecule has 0 aliphatic heterocycles. The van der Waals surface area contributed by atoms with Gasteiger partial charge in [-0.2, -0.15) is 0 Å². The molecule has 1 rings (SSSR count). The van der Waals surface area contributed by atoms with Crippen LogP contribution in [0.5, 0.6) is 5.75 Å². The van der Waals surface area contributed by atoms with Crippen molar-refractivity contribution in [2.75, 3.05) is 0 Å². The minimum atomic E-state index is -5.11. The van der Waals surface area contributed by atoms with Crippen LogP contribution in [0.15, 0.2) is 6.07 Å². The number of rotatable bonds is 4. The zero-order chi connectivity index (χ0) is 13.9. The summed E-state index contributed by atoms with van der Waals surface area (Å²) in [6, 6.07) is 0.691. The van der Waals surface area contributed by atoms with Gasteiger partial charge in [0.2, 0.25) is 0 Å². The van der Waals surface area contributed by atoms with Gasteiger partial charge in [-0.3, -0.25) is 4.79 Å². The van der Waals surface area contributed by atoms with Gasteiger partial charge in [0.25, 0.3) is 6.43 Å². The van der Waals surface area contributed by atoms with Crippen molar-refractivity contribution in [1.29, 1.82) is 0 Å². The summed E-state index contributed by atoms with van der Waals surface area (Å²) < 4.78 is 64.7. The first-order chi connectivity index (χ1) is 8.28. The number of halogens is 6. The Bertz CT molecular complexity index is 449. The van der Waals surface area contributed by atoms with E-state index in [1.54, 1.807) is 0 Å². The molecule has 0 fully saturated rings. The van der Waals surface area contributed by atoms with Gasteiger partial charge in [0.15, 0.2) is 6.29 Å². The first-order valence-electron chi connectivity index (χ1n) is 4.37. The summed E-state index contributed by atoms with van der Waals surface area (Å²) in [5, 5.41) is 0. The summed E-state index contributed by atoms with van der Waals surface area (Å²) in [7, 11) is 0. The lowest BCUT2D eigenvalue weighted by atomic mass is 10.1. The molecule has 0 aromatic carbocycles. The number of carbonyl (C=O) groups is 1. The largest absolute Gasteiger partial charge is 0.573 e. The predicted molar refractivity (Wildman–Crippen MR) is 50.8 cm³/mol. The van der Waals surface area contributed by atoms with Gasteiger partial charge in [0.1, 0.15) is 11.4 Å². The van der Waals surface area contributed by atoms with Gasteiger partial charge in [-0.1, -0.05) is 0 Å². The van der Waals surface area contributed by atoms with Gasteiger partial charge < -0.3 is 4.74 Å². The second-order valence-corrected chi connectivity index (χ2v) is 3.28. The summed E-state index contributed by atoms with van der Waals surface area (Å²) in [4.78, 5) is 13.9. The number of hydrogen-bond donors (Lipinski definition) is 0. The molecule has 0 atom stereocenters. The Hall–Kier alpha value is -1.44. The van der Waals surface area contributed by atoms with E-state index in [0.717, 1.165) is 0 Å². The van der Waals surface area contributed by atoms with Crippen LogP contribution in [0.1, 0.15) is 28.2 Å². The number of nitrogens with zero attached hydrogens (tertiary/aromatic N) is 1. The third-order valence-corrected chi connectivity index (χ3v) is 2.06. The molecule has 0 bridgehead atoms. The molecule has 0 amide bonds. The Kier molecular flexibility index (Phi) is 4.44. The number of alkyl halides is 6. The highest BCUT2D eigenvalue weighted by atomic mass is 35.5. The van der Waals surface area contributed by atoms with E-state index in [4.69, 9.17) is 11.6 Å². The monoisotopic (exact) mass is 289 g/mol. The van der Waals surface area contributed by atoms with Crippen molar-refractivity contribution in [3.63, 3.8) is 0 Å². The molecule has 0 radical (unpaired) electrons. The van der Waals surface area contributed by atoms with Crippen LogP contribution in [0.3, 0.4) is 0 Å². The highest BCUT2D eigenvalue weighted by Crippen LogP contribution is 2.32. The minimum absolute atomic E-state index is 0.173. The maximum atomic E-state index is 12.5. The van der Waals surface area contributed by atoms with Crippen LogP contribution in [0, 0.1) is 0 Å². The normalized spacial score (nSPS) is 11.7. The fourth-order valence-electron chi connectivity index (χ4n) is 1.16. The fourth-order valence-corrected chi connectivity index (χ4v) is 1.30. The van der Waals surface area contributed by atoms with Crippen molar-refractivity contribution in [1.82, 2.24) is 4.98 Å². The van der Waals surface area contributed by atoms with Crippen molar-refractivity contribution in [3.05, 3.63) is 23.0 Å². The van der Waals surface area contributed by atoms with Crippen LogP contribution in [-0.4, -0.2) is 17.6 Å². The van der Waals surface area contributed by atoms with Gasteiger partial charge >= 0.3 is 6.36 Å². The molecule has 1 aromatic rings. The standard InChI is InChI=1S/C9H5ClF5NO2/c10-2-4-1-6(18-9(13,14)15)5(3-17)7(16-4)8(11)12/h1,3,8H,2H2. The molecule has 100 valence electrons. The maximum Gasteiger partial charge on any atom is 0.573 e. The SMILES string of the molecule is O=Cc1c(OC(F)(F)F)cc(CCl)nc1C(F)F. The number of aromatic nitrogens is 1. The first kappa shape index (κ1) is 14.6. The number of carbonyl (C=O) groups excluding carboxylic acids is 1. The molecular formula is C9H5ClF5NO2. The molecule has 18 heavy (non-hydrogen) atoms. The van der Waals surface area contributed by atoms with E-state index in [9.17, 15) is 26.7 Å². The zero-order valence-electron chi connectivity index (χ0n) is 8.47. The highest BCUT2D eigenvalue weighted by Gasteiger charge is 2.33. The molecule has 3 nitrogen and oxygen atoms in total. The van der Waals surface area contributed by atoms with E-state index in [-0.39, 0.29) is 12.0 Å². The second-order valence-electron chi connectivity index (χ2n) is 3.01. The lowest BCUT2D eigenvalue weighted by Gasteiger charge is -2.14. The molecule has 0 aliphatic rings. The van der Waals surface area contributed by atoms with Gasteiger partial charge in [0.05, 0.1) is 17.1 Å². The van der Waals surface area contributed by atoms with Gasteiger partial charge in [-0.05, 0) is 0 Å². The van der Waals surface area contributed by atoms with Crippen molar-refractivity contribution in [2.45, 2.75) is 18.7 Å². The average Bonchev–Trinajstić information content (AvgIpc) is 2.25. The topological polar surface area (TPSA) is 39.2 Å². The molecule has 0 unspecified atom stereocenters. The second kappa shape index (κ2) is 5.47. The van der Waals surface area contributed by atoms with E-state index in [1.165, 1.54) is 0 Å². The third kappa shape index (κ3) is 3.52.